The Morgan fingerprint density at radius 1 is 1.33 bits per heavy atom. The summed E-state index contributed by atoms with van der Waals surface area (Å²) >= 11 is 12.3. The molecule has 6 heteroatoms. The molecule has 0 aliphatic rings. The second kappa shape index (κ2) is 7.69. The number of imidazole rings is 1. The number of nitrogens with one attached hydrogen (secondary N) is 1. The summed E-state index contributed by atoms with van der Waals surface area (Å²) < 4.78 is 7.90. The molecule has 0 amide bonds. The number of halogens is 2. The van der Waals surface area contributed by atoms with E-state index in [2.05, 4.69) is 17.2 Å². The lowest BCUT2D eigenvalue weighted by molar-refractivity contribution is 0.293. The fraction of sp³-hybridized carbons (Fsp3) is 0.400. The lowest BCUT2D eigenvalue weighted by Crippen LogP contribution is -2.14. The van der Waals surface area contributed by atoms with E-state index in [1.165, 1.54) is 0 Å². The lowest BCUT2D eigenvalue weighted by atomic mass is 10.2. The van der Waals surface area contributed by atoms with Crippen molar-refractivity contribution in [1.29, 1.82) is 0 Å². The standard InChI is InChI=1S/C15H19Cl2N3O/c1-3-18-10-12-8-13(16)9-14(17)15(12)21-7-6-20-5-4-19-11(20)2/h4-5,8-9,18H,3,6-7,10H2,1-2H3. The number of aromatic nitrogens is 2. The van der Waals surface area contributed by atoms with E-state index < -0.39 is 0 Å². The Hall–Kier alpha value is -1.23. The molecule has 4 nitrogen and oxygen atoms in total. The number of benzene rings is 1. The van der Waals surface area contributed by atoms with Gasteiger partial charge in [-0.2, -0.15) is 0 Å². The summed E-state index contributed by atoms with van der Waals surface area (Å²) in [6, 6.07) is 3.59. The second-order valence-electron chi connectivity index (χ2n) is 4.67. The summed E-state index contributed by atoms with van der Waals surface area (Å²) in [7, 11) is 0. The molecule has 0 unspecified atom stereocenters. The second-order valence-corrected chi connectivity index (χ2v) is 5.52. The van der Waals surface area contributed by atoms with Crippen molar-refractivity contribution in [1.82, 2.24) is 14.9 Å². The molecule has 0 spiro atoms. The van der Waals surface area contributed by atoms with Crippen LogP contribution in [0.5, 0.6) is 5.75 Å². The van der Waals surface area contributed by atoms with Crippen LogP contribution in [-0.4, -0.2) is 22.7 Å². The Bertz CT molecular complexity index is 599. The van der Waals surface area contributed by atoms with Crippen LogP contribution < -0.4 is 10.1 Å². The van der Waals surface area contributed by atoms with Gasteiger partial charge in [-0.15, -0.1) is 0 Å². The molecule has 1 heterocycles. The zero-order chi connectivity index (χ0) is 15.2. The zero-order valence-electron chi connectivity index (χ0n) is 12.2. The van der Waals surface area contributed by atoms with Gasteiger partial charge in [0.1, 0.15) is 18.2 Å². The number of hydrogen-bond donors (Lipinski definition) is 1. The monoisotopic (exact) mass is 327 g/mol. The molecule has 2 rings (SSSR count). The third kappa shape index (κ3) is 4.37. The van der Waals surface area contributed by atoms with Gasteiger partial charge in [0.05, 0.1) is 11.6 Å². The van der Waals surface area contributed by atoms with Crippen molar-refractivity contribution in [2.75, 3.05) is 13.2 Å². The smallest absolute Gasteiger partial charge is 0.142 e. The molecule has 1 N–H and O–H groups in total. The molecule has 2 aromatic rings. The number of hydrogen-bond acceptors (Lipinski definition) is 3. The Morgan fingerprint density at radius 3 is 2.81 bits per heavy atom. The van der Waals surface area contributed by atoms with E-state index in [-0.39, 0.29) is 0 Å². The molecule has 114 valence electrons. The van der Waals surface area contributed by atoms with Crippen LogP contribution in [0.3, 0.4) is 0 Å². The lowest BCUT2D eigenvalue weighted by Gasteiger charge is -2.15. The highest BCUT2D eigenvalue weighted by Crippen LogP contribution is 2.32. The molecule has 1 aromatic heterocycles. The predicted octanol–water partition coefficient (Wildman–Crippen LogP) is 3.69. The maximum absolute atomic E-state index is 6.25. The molecular formula is C15H19Cl2N3O. The van der Waals surface area contributed by atoms with Gasteiger partial charge in [0.15, 0.2) is 0 Å². The summed E-state index contributed by atoms with van der Waals surface area (Å²) in [5, 5.41) is 4.42. The van der Waals surface area contributed by atoms with Gasteiger partial charge in [0.2, 0.25) is 0 Å². The van der Waals surface area contributed by atoms with E-state index in [0.29, 0.717) is 28.9 Å². The maximum Gasteiger partial charge on any atom is 0.142 e. The molecule has 0 fully saturated rings. The van der Waals surface area contributed by atoms with Gasteiger partial charge in [-0.25, -0.2) is 4.98 Å². The van der Waals surface area contributed by atoms with Crippen molar-refractivity contribution in [2.45, 2.75) is 26.9 Å². The van der Waals surface area contributed by atoms with Crippen LogP contribution in [0.15, 0.2) is 24.5 Å². The number of ether oxygens (including phenoxy) is 1. The van der Waals surface area contributed by atoms with Gasteiger partial charge in [0.25, 0.3) is 0 Å². The Labute approximate surface area is 135 Å². The quantitative estimate of drug-likeness (QED) is 0.843. The average molecular weight is 328 g/mol. The zero-order valence-corrected chi connectivity index (χ0v) is 13.7. The minimum absolute atomic E-state index is 0.525. The summed E-state index contributed by atoms with van der Waals surface area (Å²) in [6.45, 7) is 6.82. The fourth-order valence-electron chi connectivity index (χ4n) is 2.05. The SMILES string of the molecule is CCNCc1cc(Cl)cc(Cl)c1OCCn1ccnc1C. The van der Waals surface area contributed by atoms with Crippen LogP contribution in [0.4, 0.5) is 0 Å². The van der Waals surface area contributed by atoms with Crippen molar-refractivity contribution in [3.63, 3.8) is 0 Å². The summed E-state index contributed by atoms with van der Waals surface area (Å²) in [4.78, 5) is 4.18. The van der Waals surface area contributed by atoms with Crippen molar-refractivity contribution < 1.29 is 4.74 Å². The molecule has 0 radical (unpaired) electrons. The van der Waals surface area contributed by atoms with Gasteiger partial charge in [-0.3, -0.25) is 0 Å². The number of aryl methyl sites for hydroxylation is 1. The fourth-order valence-corrected chi connectivity index (χ4v) is 2.64. The molecular weight excluding hydrogens is 309 g/mol. The first-order chi connectivity index (χ1) is 10.1. The van der Waals surface area contributed by atoms with Crippen LogP contribution in [0.1, 0.15) is 18.3 Å². The summed E-state index contributed by atoms with van der Waals surface area (Å²) in [5.41, 5.74) is 0.969. The molecule has 21 heavy (non-hydrogen) atoms. The molecule has 1 aromatic carbocycles. The number of rotatable bonds is 7. The van der Waals surface area contributed by atoms with Crippen LogP contribution >= 0.6 is 23.2 Å². The van der Waals surface area contributed by atoms with Gasteiger partial charge < -0.3 is 14.6 Å². The third-order valence-corrected chi connectivity index (χ3v) is 3.65. The largest absolute Gasteiger partial charge is 0.490 e. The summed E-state index contributed by atoms with van der Waals surface area (Å²) in [6.07, 6.45) is 3.71. The topological polar surface area (TPSA) is 39.1 Å². The Kier molecular flexibility index (Phi) is 5.91. The average Bonchev–Trinajstić information content (AvgIpc) is 2.84. The van der Waals surface area contributed by atoms with E-state index >= 15 is 0 Å². The van der Waals surface area contributed by atoms with E-state index in [1.807, 2.05) is 23.8 Å². The van der Waals surface area contributed by atoms with Crippen molar-refractivity contribution in [3.8, 4) is 5.75 Å². The minimum atomic E-state index is 0.525. The maximum atomic E-state index is 6.25. The first-order valence-electron chi connectivity index (χ1n) is 6.91. The molecule has 0 bridgehead atoms. The van der Waals surface area contributed by atoms with E-state index in [0.717, 1.165) is 24.5 Å². The third-order valence-electron chi connectivity index (χ3n) is 3.15. The Morgan fingerprint density at radius 2 is 2.14 bits per heavy atom. The molecule has 0 saturated heterocycles. The van der Waals surface area contributed by atoms with Crippen LogP contribution in [0.25, 0.3) is 0 Å². The van der Waals surface area contributed by atoms with Gasteiger partial charge in [-0.05, 0) is 25.6 Å². The van der Waals surface area contributed by atoms with Gasteiger partial charge in [0, 0.05) is 29.5 Å². The van der Waals surface area contributed by atoms with Gasteiger partial charge >= 0.3 is 0 Å². The Balaban J connectivity index is 2.05. The van der Waals surface area contributed by atoms with Gasteiger partial charge in [-0.1, -0.05) is 30.1 Å². The van der Waals surface area contributed by atoms with Crippen LogP contribution in [-0.2, 0) is 13.1 Å². The highest BCUT2D eigenvalue weighted by molar-refractivity contribution is 6.35. The van der Waals surface area contributed by atoms with Crippen molar-refractivity contribution >= 4 is 23.2 Å². The normalized spacial score (nSPS) is 10.9. The minimum Gasteiger partial charge on any atom is -0.490 e. The molecule has 0 saturated carbocycles. The van der Waals surface area contributed by atoms with E-state index in [9.17, 15) is 0 Å². The first-order valence-corrected chi connectivity index (χ1v) is 7.66. The van der Waals surface area contributed by atoms with Crippen molar-refractivity contribution in [3.05, 3.63) is 46.0 Å². The highest BCUT2D eigenvalue weighted by Gasteiger charge is 2.11. The van der Waals surface area contributed by atoms with E-state index in [1.54, 1.807) is 12.3 Å². The number of nitrogens with zero attached hydrogens (tertiary/aromatic N) is 2. The first kappa shape index (κ1) is 16.1. The summed E-state index contributed by atoms with van der Waals surface area (Å²) in [5.74, 6) is 1.66. The van der Waals surface area contributed by atoms with Crippen LogP contribution in [0, 0.1) is 6.92 Å². The molecule has 0 aliphatic carbocycles. The predicted molar refractivity (Wildman–Crippen MR) is 86.3 cm³/mol. The molecule has 0 atom stereocenters. The highest BCUT2D eigenvalue weighted by atomic mass is 35.5. The van der Waals surface area contributed by atoms with E-state index in [4.69, 9.17) is 27.9 Å². The van der Waals surface area contributed by atoms with Crippen molar-refractivity contribution in [2.24, 2.45) is 0 Å². The van der Waals surface area contributed by atoms with Crippen LogP contribution in [0.2, 0.25) is 10.0 Å². The molecule has 0 aliphatic heterocycles.